The monoisotopic (exact) mass is 355 g/mol. The fourth-order valence-corrected chi connectivity index (χ4v) is 2.41. The van der Waals surface area contributed by atoms with Gasteiger partial charge in [0.25, 0.3) is 0 Å². The Bertz CT molecular complexity index is 702. The molecule has 0 aliphatic carbocycles. The standard InChI is InChI=1S/C20H25N3O3/c1-3-26-19(24)16-10-12-17(13-11-16)22-20(25)21-14-7-15-23(2)18-8-5-4-6-9-18/h4-6,8-13H,3,7,14-15H2,1-2H3,(H2,21,22,25). The summed E-state index contributed by atoms with van der Waals surface area (Å²) in [7, 11) is 2.03. The zero-order valence-corrected chi connectivity index (χ0v) is 15.2. The molecule has 26 heavy (non-hydrogen) atoms. The van der Waals surface area contributed by atoms with Crippen molar-refractivity contribution >= 4 is 23.4 Å². The van der Waals surface area contributed by atoms with Gasteiger partial charge in [0.1, 0.15) is 0 Å². The molecule has 0 fully saturated rings. The summed E-state index contributed by atoms with van der Waals surface area (Å²) >= 11 is 0. The number of nitrogens with one attached hydrogen (secondary N) is 2. The van der Waals surface area contributed by atoms with Gasteiger partial charge < -0.3 is 20.3 Å². The average molecular weight is 355 g/mol. The largest absolute Gasteiger partial charge is 0.462 e. The van der Waals surface area contributed by atoms with E-state index in [9.17, 15) is 9.59 Å². The van der Waals surface area contributed by atoms with E-state index >= 15 is 0 Å². The number of nitrogens with zero attached hydrogens (tertiary/aromatic N) is 1. The van der Waals surface area contributed by atoms with Crippen LogP contribution in [0.3, 0.4) is 0 Å². The molecule has 2 N–H and O–H groups in total. The smallest absolute Gasteiger partial charge is 0.338 e. The van der Waals surface area contributed by atoms with Gasteiger partial charge in [0.05, 0.1) is 12.2 Å². The Morgan fingerprint density at radius 3 is 2.38 bits per heavy atom. The highest BCUT2D eigenvalue weighted by Crippen LogP contribution is 2.11. The van der Waals surface area contributed by atoms with Crippen molar-refractivity contribution in [1.29, 1.82) is 0 Å². The van der Waals surface area contributed by atoms with Crippen LogP contribution in [-0.2, 0) is 4.74 Å². The van der Waals surface area contributed by atoms with Crippen molar-refractivity contribution < 1.29 is 14.3 Å². The molecule has 0 spiro atoms. The molecule has 6 nitrogen and oxygen atoms in total. The molecule has 0 aliphatic rings. The summed E-state index contributed by atoms with van der Waals surface area (Å²) < 4.78 is 4.92. The number of carbonyl (C=O) groups is 2. The molecule has 0 unspecified atom stereocenters. The van der Waals surface area contributed by atoms with E-state index in [1.54, 1.807) is 31.2 Å². The van der Waals surface area contributed by atoms with Gasteiger partial charge in [0.15, 0.2) is 0 Å². The predicted molar refractivity (Wildman–Crippen MR) is 104 cm³/mol. The minimum absolute atomic E-state index is 0.267. The van der Waals surface area contributed by atoms with Crippen molar-refractivity contribution in [3.63, 3.8) is 0 Å². The molecule has 2 aromatic carbocycles. The van der Waals surface area contributed by atoms with E-state index < -0.39 is 0 Å². The van der Waals surface area contributed by atoms with E-state index in [1.807, 2.05) is 25.2 Å². The third-order valence-corrected chi connectivity index (χ3v) is 3.81. The van der Waals surface area contributed by atoms with E-state index in [0.717, 1.165) is 18.7 Å². The van der Waals surface area contributed by atoms with Crippen LogP contribution in [-0.4, -0.2) is 38.7 Å². The number of hydrogen-bond acceptors (Lipinski definition) is 4. The van der Waals surface area contributed by atoms with Gasteiger partial charge in [-0.25, -0.2) is 9.59 Å². The Labute approximate surface area is 154 Å². The van der Waals surface area contributed by atoms with Gasteiger partial charge in [0.2, 0.25) is 0 Å². The third-order valence-electron chi connectivity index (χ3n) is 3.81. The summed E-state index contributed by atoms with van der Waals surface area (Å²) in [6, 6.07) is 16.4. The molecule has 2 amide bonds. The van der Waals surface area contributed by atoms with Gasteiger partial charge in [0, 0.05) is 31.5 Å². The molecular formula is C20H25N3O3. The second kappa shape index (κ2) is 10.1. The number of ether oxygens (including phenoxy) is 1. The lowest BCUT2D eigenvalue weighted by molar-refractivity contribution is 0.0526. The number of anilines is 2. The number of urea groups is 1. The molecule has 138 valence electrons. The number of esters is 1. The number of amides is 2. The summed E-state index contributed by atoms with van der Waals surface area (Å²) in [5.41, 5.74) is 2.23. The van der Waals surface area contributed by atoms with E-state index in [4.69, 9.17) is 4.74 Å². The van der Waals surface area contributed by atoms with Crippen LogP contribution < -0.4 is 15.5 Å². The molecular weight excluding hydrogens is 330 g/mol. The van der Waals surface area contributed by atoms with Crippen molar-refractivity contribution in [2.45, 2.75) is 13.3 Å². The van der Waals surface area contributed by atoms with Crippen LogP contribution in [0.25, 0.3) is 0 Å². The Kier molecular flexibility index (Phi) is 7.49. The summed E-state index contributed by atoms with van der Waals surface area (Å²) in [4.78, 5) is 25.7. The summed E-state index contributed by atoms with van der Waals surface area (Å²) in [6.07, 6.45) is 0.834. The van der Waals surface area contributed by atoms with Crippen LogP contribution in [0.2, 0.25) is 0 Å². The highest BCUT2D eigenvalue weighted by Gasteiger charge is 2.07. The Morgan fingerprint density at radius 1 is 1.04 bits per heavy atom. The van der Waals surface area contributed by atoms with Gasteiger partial charge in [-0.1, -0.05) is 18.2 Å². The maximum Gasteiger partial charge on any atom is 0.338 e. The first-order valence-corrected chi connectivity index (χ1v) is 8.68. The molecule has 0 heterocycles. The van der Waals surface area contributed by atoms with Crippen LogP contribution in [0.5, 0.6) is 0 Å². The lowest BCUT2D eigenvalue weighted by Gasteiger charge is -2.19. The third kappa shape index (κ3) is 6.12. The zero-order valence-electron chi connectivity index (χ0n) is 15.2. The molecule has 0 aliphatic heterocycles. The Hall–Kier alpha value is -3.02. The highest BCUT2D eigenvalue weighted by molar-refractivity contribution is 5.92. The molecule has 0 bridgehead atoms. The zero-order chi connectivity index (χ0) is 18.8. The minimum atomic E-state index is -0.369. The van der Waals surface area contributed by atoms with Gasteiger partial charge in [-0.2, -0.15) is 0 Å². The van der Waals surface area contributed by atoms with Crippen molar-refractivity contribution in [2.24, 2.45) is 0 Å². The molecule has 0 aromatic heterocycles. The fraction of sp³-hybridized carbons (Fsp3) is 0.300. The molecule has 2 rings (SSSR count). The molecule has 0 atom stereocenters. The van der Waals surface area contributed by atoms with E-state index in [2.05, 4.69) is 27.7 Å². The minimum Gasteiger partial charge on any atom is -0.462 e. The molecule has 2 aromatic rings. The van der Waals surface area contributed by atoms with Crippen molar-refractivity contribution in [1.82, 2.24) is 5.32 Å². The second-order valence-electron chi connectivity index (χ2n) is 5.79. The fourth-order valence-electron chi connectivity index (χ4n) is 2.41. The normalized spacial score (nSPS) is 10.1. The Balaban J connectivity index is 1.69. The molecule has 0 radical (unpaired) electrons. The lowest BCUT2D eigenvalue weighted by Crippen LogP contribution is -2.31. The van der Waals surface area contributed by atoms with Gasteiger partial charge in [-0.05, 0) is 49.7 Å². The first-order valence-electron chi connectivity index (χ1n) is 8.68. The van der Waals surface area contributed by atoms with Crippen LogP contribution in [0, 0.1) is 0 Å². The van der Waals surface area contributed by atoms with E-state index in [-0.39, 0.29) is 12.0 Å². The highest BCUT2D eigenvalue weighted by atomic mass is 16.5. The van der Waals surface area contributed by atoms with Crippen LogP contribution in [0.1, 0.15) is 23.7 Å². The number of hydrogen-bond donors (Lipinski definition) is 2. The maximum absolute atomic E-state index is 11.9. The predicted octanol–water partition coefficient (Wildman–Crippen LogP) is 3.51. The van der Waals surface area contributed by atoms with Crippen LogP contribution in [0.4, 0.5) is 16.2 Å². The summed E-state index contributed by atoms with van der Waals surface area (Å²) in [6.45, 7) is 3.51. The molecule has 0 saturated carbocycles. The molecule has 6 heteroatoms. The average Bonchev–Trinajstić information content (AvgIpc) is 2.66. The van der Waals surface area contributed by atoms with E-state index in [1.165, 1.54) is 0 Å². The lowest BCUT2D eigenvalue weighted by atomic mass is 10.2. The molecule has 0 saturated heterocycles. The van der Waals surface area contributed by atoms with Crippen LogP contribution in [0.15, 0.2) is 54.6 Å². The maximum atomic E-state index is 11.9. The van der Waals surface area contributed by atoms with Crippen LogP contribution >= 0.6 is 0 Å². The number of carbonyl (C=O) groups excluding carboxylic acids is 2. The Morgan fingerprint density at radius 2 is 1.73 bits per heavy atom. The topological polar surface area (TPSA) is 70.7 Å². The number of rotatable bonds is 8. The van der Waals surface area contributed by atoms with Crippen molar-refractivity contribution in [3.05, 3.63) is 60.2 Å². The SMILES string of the molecule is CCOC(=O)c1ccc(NC(=O)NCCCN(C)c2ccccc2)cc1. The van der Waals surface area contributed by atoms with Gasteiger partial charge in [-0.15, -0.1) is 0 Å². The van der Waals surface area contributed by atoms with Crippen molar-refractivity contribution in [2.75, 3.05) is 37.0 Å². The van der Waals surface area contributed by atoms with Gasteiger partial charge >= 0.3 is 12.0 Å². The summed E-state index contributed by atoms with van der Waals surface area (Å²) in [5.74, 6) is -0.369. The number of para-hydroxylation sites is 1. The quantitative estimate of drug-likeness (QED) is 0.561. The summed E-state index contributed by atoms with van der Waals surface area (Å²) in [5, 5.41) is 5.57. The van der Waals surface area contributed by atoms with Gasteiger partial charge in [-0.3, -0.25) is 0 Å². The first-order chi connectivity index (χ1) is 12.6. The second-order valence-corrected chi connectivity index (χ2v) is 5.79. The number of benzene rings is 2. The first kappa shape index (κ1) is 19.3. The van der Waals surface area contributed by atoms with E-state index in [0.29, 0.717) is 24.4 Å². The van der Waals surface area contributed by atoms with Crippen molar-refractivity contribution in [3.8, 4) is 0 Å².